The normalized spacial score (nSPS) is 16.2. The minimum Gasteiger partial charge on any atom is -0.294 e. The van der Waals surface area contributed by atoms with Crippen LogP contribution in [0.1, 0.15) is 42.5 Å². The molecule has 1 heterocycles. The van der Waals surface area contributed by atoms with Crippen LogP contribution < -0.4 is 0 Å². The van der Waals surface area contributed by atoms with Crippen LogP contribution in [0.25, 0.3) is 0 Å². The number of ketones is 1. The minimum atomic E-state index is 0.161. The Hall–Kier alpha value is -0.600. The van der Waals surface area contributed by atoms with Crippen molar-refractivity contribution >= 4 is 28.7 Å². The molecule has 0 amide bonds. The number of hydrogen-bond acceptors (Lipinski definition) is 2. The first-order valence-corrected chi connectivity index (χ1v) is 6.47. The van der Waals surface area contributed by atoms with Gasteiger partial charge in [-0.05, 0) is 37.1 Å². The number of rotatable bonds is 3. The van der Waals surface area contributed by atoms with Crippen molar-refractivity contribution in [2.24, 2.45) is 0 Å². The van der Waals surface area contributed by atoms with E-state index in [2.05, 4.69) is 6.08 Å². The molecule has 0 N–H and O–H groups in total. The van der Waals surface area contributed by atoms with E-state index in [0.29, 0.717) is 16.3 Å². The van der Waals surface area contributed by atoms with Crippen molar-refractivity contribution in [3.05, 3.63) is 33.0 Å². The Bertz CT molecular complexity index is 392. The molecule has 15 heavy (non-hydrogen) atoms. The quantitative estimate of drug-likeness (QED) is 0.563. The lowest BCUT2D eigenvalue weighted by Crippen LogP contribution is -2.02. The van der Waals surface area contributed by atoms with E-state index >= 15 is 0 Å². The minimum absolute atomic E-state index is 0.161. The molecule has 0 bridgehead atoms. The lowest BCUT2D eigenvalue weighted by atomic mass is 9.94. The second-order valence-corrected chi connectivity index (χ2v) is 5.33. The molecule has 1 aromatic rings. The molecule has 1 aromatic heterocycles. The van der Waals surface area contributed by atoms with E-state index in [9.17, 15) is 4.79 Å². The molecule has 0 unspecified atom stereocenters. The molecule has 1 nitrogen and oxygen atoms in total. The second-order valence-electron chi connectivity index (χ2n) is 3.82. The number of halogens is 1. The third-order valence-electron chi connectivity index (χ3n) is 2.69. The van der Waals surface area contributed by atoms with Crippen molar-refractivity contribution in [3.8, 4) is 0 Å². The zero-order valence-corrected chi connectivity index (χ0v) is 10.0. The smallest absolute Gasteiger partial charge is 0.169 e. The van der Waals surface area contributed by atoms with Gasteiger partial charge in [0.1, 0.15) is 4.34 Å². The molecular formula is C12H13ClOS. The average molecular weight is 241 g/mol. The maximum atomic E-state index is 11.9. The van der Waals surface area contributed by atoms with Crippen molar-refractivity contribution in [2.75, 3.05) is 0 Å². The van der Waals surface area contributed by atoms with Gasteiger partial charge in [-0.3, -0.25) is 4.79 Å². The Labute approximate surface area is 98.8 Å². The van der Waals surface area contributed by atoms with Crippen LogP contribution in [0.15, 0.2) is 23.1 Å². The summed E-state index contributed by atoms with van der Waals surface area (Å²) >= 11 is 7.35. The largest absolute Gasteiger partial charge is 0.294 e. The summed E-state index contributed by atoms with van der Waals surface area (Å²) < 4.78 is 0.622. The highest BCUT2D eigenvalue weighted by atomic mass is 35.5. The SMILES string of the molecule is O=C(CC1=CCCCC1)c1ccsc1Cl. The Morgan fingerprint density at radius 2 is 2.33 bits per heavy atom. The van der Waals surface area contributed by atoms with E-state index < -0.39 is 0 Å². The van der Waals surface area contributed by atoms with Crippen LogP contribution >= 0.6 is 22.9 Å². The van der Waals surface area contributed by atoms with Crippen LogP contribution in [-0.2, 0) is 0 Å². The van der Waals surface area contributed by atoms with Gasteiger partial charge in [-0.2, -0.15) is 0 Å². The Balaban J connectivity index is 2.04. The summed E-state index contributed by atoms with van der Waals surface area (Å²) in [6, 6.07) is 1.82. The Kier molecular flexibility index (Phi) is 3.60. The van der Waals surface area contributed by atoms with Crippen LogP contribution in [0.3, 0.4) is 0 Å². The van der Waals surface area contributed by atoms with Crippen molar-refractivity contribution in [3.63, 3.8) is 0 Å². The molecule has 2 rings (SSSR count). The maximum absolute atomic E-state index is 11.9. The summed E-state index contributed by atoms with van der Waals surface area (Å²) in [5.41, 5.74) is 1.97. The number of Topliss-reactive ketones (excluding diaryl/α,β-unsaturated/α-hetero) is 1. The van der Waals surface area contributed by atoms with Gasteiger partial charge < -0.3 is 0 Å². The summed E-state index contributed by atoms with van der Waals surface area (Å²) in [5, 5.41) is 1.87. The van der Waals surface area contributed by atoms with Gasteiger partial charge in [0.25, 0.3) is 0 Å². The molecule has 0 spiro atoms. The highest BCUT2D eigenvalue weighted by Crippen LogP contribution is 2.27. The predicted molar refractivity (Wildman–Crippen MR) is 64.8 cm³/mol. The molecule has 0 radical (unpaired) electrons. The van der Waals surface area contributed by atoms with E-state index in [4.69, 9.17) is 11.6 Å². The van der Waals surface area contributed by atoms with Gasteiger partial charge in [0, 0.05) is 12.0 Å². The van der Waals surface area contributed by atoms with Crippen molar-refractivity contribution < 1.29 is 4.79 Å². The Morgan fingerprint density at radius 3 is 2.93 bits per heavy atom. The molecule has 0 fully saturated rings. The summed E-state index contributed by atoms with van der Waals surface area (Å²) in [6.45, 7) is 0. The second kappa shape index (κ2) is 4.95. The molecule has 3 heteroatoms. The first-order valence-electron chi connectivity index (χ1n) is 5.21. The molecule has 0 aliphatic heterocycles. The van der Waals surface area contributed by atoms with Crippen LogP contribution in [0.2, 0.25) is 4.34 Å². The van der Waals surface area contributed by atoms with E-state index in [1.165, 1.54) is 29.8 Å². The zero-order chi connectivity index (χ0) is 10.7. The summed E-state index contributed by atoms with van der Waals surface area (Å²) in [4.78, 5) is 11.9. The number of allylic oxidation sites excluding steroid dienone is 2. The van der Waals surface area contributed by atoms with E-state index in [0.717, 1.165) is 12.8 Å². The standard InChI is InChI=1S/C12H13ClOS/c13-12-10(6-7-15-12)11(14)8-9-4-2-1-3-5-9/h4,6-7H,1-3,5,8H2. The van der Waals surface area contributed by atoms with Gasteiger partial charge in [-0.15, -0.1) is 11.3 Å². The fourth-order valence-electron chi connectivity index (χ4n) is 1.86. The van der Waals surface area contributed by atoms with Crippen molar-refractivity contribution in [1.82, 2.24) is 0 Å². The summed E-state index contributed by atoms with van der Waals surface area (Å²) in [6.07, 6.45) is 7.44. The lowest BCUT2D eigenvalue weighted by Gasteiger charge is -2.11. The van der Waals surface area contributed by atoms with Gasteiger partial charge in [-0.25, -0.2) is 0 Å². The molecule has 1 aliphatic rings. The molecule has 0 saturated carbocycles. The predicted octanol–water partition coefficient (Wildman–Crippen LogP) is 4.47. The van der Waals surface area contributed by atoms with Gasteiger partial charge in [0.2, 0.25) is 0 Å². The third-order valence-corrected chi connectivity index (χ3v) is 3.86. The molecule has 0 atom stereocenters. The topological polar surface area (TPSA) is 17.1 Å². The fraction of sp³-hybridized carbons (Fsp3) is 0.417. The van der Waals surface area contributed by atoms with E-state index in [1.807, 2.05) is 11.4 Å². The molecular weight excluding hydrogens is 228 g/mol. The molecule has 80 valence electrons. The van der Waals surface area contributed by atoms with E-state index in [-0.39, 0.29) is 5.78 Å². The number of thiophene rings is 1. The summed E-state index contributed by atoms with van der Waals surface area (Å²) in [5.74, 6) is 0.161. The van der Waals surface area contributed by atoms with Gasteiger partial charge in [-0.1, -0.05) is 23.3 Å². The van der Waals surface area contributed by atoms with Crippen molar-refractivity contribution in [1.29, 1.82) is 0 Å². The number of hydrogen-bond donors (Lipinski definition) is 0. The first kappa shape index (κ1) is 10.9. The van der Waals surface area contributed by atoms with Gasteiger partial charge in [0.05, 0.1) is 0 Å². The lowest BCUT2D eigenvalue weighted by molar-refractivity contribution is 0.0992. The highest BCUT2D eigenvalue weighted by Gasteiger charge is 2.14. The number of carbonyl (C=O) groups excluding carboxylic acids is 1. The summed E-state index contributed by atoms with van der Waals surface area (Å²) in [7, 11) is 0. The Morgan fingerprint density at radius 1 is 1.47 bits per heavy atom. The van der Waals surface area contributed by atoms with Crippen LogP contribution in [0.4, 0.5) is 0 Å². The third kappa shape index (κ3) is 2.70. The van der Waals surface area contributed by atoms with Crippen molar-refractivity contribution in [2.45, 2.75) is 32.1 Å². The van der Waals surface area contributed by atoms with E-state index in [1.54, 1.807) is 0 Å². The van der Waals surface area contributed by atoms with Crippen LogP contribution in [-0.4, -0.2) is 5.78 Å². The van der Waals surface area contributed by atoms with Crippen LogP contribution in [0.5, 0.6) is 0 Å². The fourth-order valence-corrected chi connectivity index (χ4v) is 2.82. The zero-order valence-electron chi connectivity index (χ0n) is 8.46. The number of carbonyl (C=O) groups is 1. The average Bonchev–Trinajstić information content (AvgIpc) is 2.66. The first-order chi connectivity index (χ1) is 7.27. The van der Waals surface area contributed by atoms with Gasteiger partial charge in [0.15, 0.2) is 5.78 Å². The molecule has 1 aliphatic carbocycles. The highest BCUT2D eigenvalue weighted by molar-refractivity contribution is 7.14. The monoisotopic (exact) mass is 240 g/mol. The molecule has 0 saturated heterocycles. The maximum Gasteiger partial charge on any atom is 0.169 e. The van der Waals surface area contributed by atoms with Crippen LogP contribution in [0, 0.1) is 0 Å². The van der Waals surface area contributed by atoms with Gasteiger partial charge >= 0.3 is 0 Å². The molecule has 0 aromatic carbocycles.